The van der Waals surface area contributed by atoms with Gasteiger partial charge in [0.15, 0.2) is 5.84 Å². The molecule has 0 atom stereocenters. The molecule has 5 nitrogen and oxygen atoms in total. The molecule has 0 spiro atoms. The highest BCUT2D eigenvalue weighted by molar-refractivity contribution is 7.90. The van der Waals surface area contributed by atoms with Crippen LogP contribution in [0, 0.1) is 0 Å². The summed E-state index contributed by atoms with van der Waals surface area (Å²) in [5, 5.41) is 0. The van der Waals surface area contributed by atoms with E-state index in [1.165, 1.54) is 0 Å². The Kier molecular flexibility index (Phi) is 4.52. The van der Waals surface area contributed by atoms with E-state index in [1.807, 2.05) is 47.5 Å². The van der Waals surface area contributed by atoms with Crippen LogP contribution in [0.5, 0.6) is 5.75 Å². The minimum absolute atomic E-state index is 0.0539. The average Bonchev–Trinajstić information content (AvgIpc) is 2.54. The number of sulfonamides is 1. The molecule has 0 unspecified atom stereocenters. The Labute approximate surface area is 137 Å². The zero-order valence-corrected chi connectivity index (χ0v) is 13.9. The molecule has 0 aliphatic carbocycles. The van der Waals surface area contributed by atoms with Crippen LogP contribution in [-0.2, 0) is 10.0 Å². The maximum atomic E-state index is 11.8. The molecule has 0 fully saturated rings. The summed E-state index contributed by atoms with van der Waals surface area (Å²) >= 11 is 0. The predicted molar refractivity (Wildman–Crippen MR) is 91.9 cm³/mol. The van der Waals surface area contributed by atoms with Crippen LogP contribution in [0.3, 0.4) is 0 Å². The van der Waals surface area contributed by atoms with Crippen molar-refractivity contribution >= 4 is 21.4 Å². The molecule has 2 heterocycles. The van der Waals surface area contributed by atoms with Gasteiger partial charge in [0.1, 0.15) is 5.75 Å². The minimum atomic E-state index is -3.37. The van der Waals surface area contributed by atoms with E-state index in [2.05, 4.69) is 11.3 Å². The van der Waals surface area contributed by atoms with Gasteiger partial charge in [-0.15, -0.1) is 4.40 Å². The predicted octanol–water partition coefficient (Wildman–Crippen LogP) is 2.82. The molecule has 0 bridgehead atoms. The van der Waals surface area contributed by atoms with Crippen LogP contribution in [-0.4, -0.2) is 38.1 Å². The zero-order valence-electron chi connectivity index (χ0n) is 13.1. The van der Waals surface area contributed by atoms with E-state index < -0.39 is 10.0 Å². The van der Waals surface area contributed by atoms with E-state index in [4.69, 9.17) is 4.74 Å². The fraction of sp³-hybridized carbons (Fsp3) is 0.353. The summed E-state index contributed by atoms with van der Waals surface area (Å²) in [7, 11) is -3.37. The normalized spacial score (nSPS) is 18.9. The molecule has 2 aliphatic heterocycles. The first-order valence-electron chi connectivity index (χ1n) is 7.80. The lowest BCUT2D eigenvalue weighted by molar-refractivity contribution is 0.309. The number of benzene rings is 1. The first kappa shape index (κ1) is 15.8. The van der Waals surface area contributed by atoms with Gasteiger partial charge in [0, 0.05) is 18.3 Å². The summed E-state index contributed by atoms with van der Waals surface area (Å²) < 4.78 is 33.2. The summed E-state index contributed by atoms with van der Waals surface area (Å²) in [6, 6.07) is 7.70. The van der Waals surface area contributed by atoms with E-state index in [1.54, 1.807) is 0 Å². The number of ether oxygens (including phenoxy) is 1. The molecule has 0 radical (unpaired) electrons. The molecular weight excluding hydrogens is 312 g/mol. The summed E-state index contributed by atoms with van der Waals surface area (Å²) in [6.45, 7) is 3.27. The van der Waals surface area contributed by atoms with E-state index in [9.17, 15) is 8.42 Å². The first-order chi connectivity index (χ1) is 11.1. The molecule has 23 heavy (non-hydrogen) atoms. The van der Waals surface area contributed by atoms with Crippen molar-refractivity contribution in [3.63, 3.8) is 0 Å². The number of hydrogen-bond acceptors (Lipinski definition) is 4. The molecule has 0 aromatic heterocycles. The highest BCUT2D eigenvalue weighted by atomic mass is 32.2. The maximum absolute atomic E-state index is 11.8. The molecule has 3 rings (SSSR count). The molecule has 1 aromatic rings. The van der Waals surface area contributed by atoms with Crippen molar-refractivity contribution in [3.8, 4) is 5.75 Å². The highest BCUT2D eigenvalue weighted by Gasteiger charge is 2.27. The molecule has 122 valence electrons. The number of hydrogen-bond donors (Lipinski definition) is 0. The molecule has 0 saturated carbocycles. The molecule has 1 aromatic carbocycles. The smallest absolute Gasteiger partial charge is 0.256 e. The second kappa shape index (κ2) is 6.58. The lowest BCUT2D eigenvalue weighted by Gasteiger charge is -2.29. The minimum Gasteiger partial charge on any atom is -0.494 e. The SMILES string of the molecule is CCCCOc1ccc(C2=CC=CN3CCS(=O)(=O)N=C23)cc1. The second-order valence-electron chi connectivity index (χ2n) is 5.54. The third-order valence-electron chi connectivity index (χ3n) is 3.79. The molecular formula is C17H20N2O3S. The number of amidine groups is 1. The van der Waals surface area contributed by atoms with Gasteiger partial charge in [-0.3, -0.25) is 0 Å². The summed E-state index contributed by atoms with van der Waals surface area (Å²) in [5.74, 6) is 1.38. The Morgan fingerprint density at radius 2 is 2.04 bits per heavy atom. The quantitative estimate of drug-likeness (QED) is 0.778. The molecule has 0 amide bonds. The van der Waals surface area contributed by atoms with Gasteiger partial charge >= 0.3 is 0 Å². The summed E-state index contributed by atoms with van der Waals surface area (Å²) in [4.78, 5) is 1.88. The molecule has 2 aliphatic rings. The third-order valence-corrected chi connectivity index (χ3v) is 4.94. The molecule has 0 saturated heterocycles. The first-order valence-corrected chi connectivity index (χ1v) is 9.41. The Hall–Kier alpha value is -2.08. The number of unbranched alkanes of at least 4 members (excludes halogenated alkanes) is 1. The molecule has 6 heteroatoms. The van der Waals surface area contributed by atoms with Crippen molar-refractivity contribution in [1.29, 1.82) is 0 Å². The van der Waals surface area contributed by atoms with Crippen molar-refractivity contribution < 1.29 is 13.2 Å². The third kappa shape index (κ3) is 3.64. The largest absolute Gasteiger partial charge is 0.494 e. The molecule has 0 N–H and O–H groups in total. The highest BCUT2D eigenvalue weighted by Crippen LogP contribution is 2.26. The van der Waals surface area contributed by atoms with E-state index >= 15 is 0 Å². The van der Waals surface area contributed by atoms with Crippen molar-refractivity contribution in [2.24, 2.45) is 4.40 Å². The van der Waals surface area contributed by atoms with Gasteiger partial charge in [-0.25, -0.2) is 8.42 Å². The van der Waals surface area contributed by atoms with Crippen LogP contribution in [0.4, 0.5) is 0 Å². The Morgan fingerprint density at radius 3 is 2.78 bits per heavy atom. The lowest BCUT2D eigenvalue weighted by atomic mass is 10.0. The Balaban J connectivity index is 1.84. The standard InChI is InChI=1S/C17H20N2O3S/c1-2-3-12-22-15-8-6-14(7-9-15)16-5-4-10-19-11-13-23(20,21)18-17(16)19/h4-10H,2-3,11-13H2,1H3. The maximum Gasteiger partial charge on any atom is 0.256 e. The Bertz CT molecular complexity index is 762. The number of rotatable bonds is 5. The van der Waals surface area contributed by atoms with Crippen LogP contribution >= 0.6 is 0 Å². The zero-order chi connectivity index (χ0) is 16.3. The number of fused-ring (bicyclic) bond motifs is 1. The van der Waals surface area contributed by atoms with Gasteiger partial charge in [0.2, 0.25) is 0 Å². The fourth-order valence-electron chi connectivity index (χ4n) is 2.51. The van der Waals surface area contributed by atoms with Crippen LogP contribution < -0.4 is 4.74 Å². The summed E-state index contributed by atoms with van der Waals surface area (Å²) in [6.07, 6.45) is 7.79. The average molecular weight is 332 g/mol. The van der Waals surface area contributed by atoms with E-state index in [-0.39, 0.29) is 5.75 Å². The van der Waals surface area contributed by atoms with E-state index in [0.29, 0.717) is 19.0 Å². The van der Waals surface area contributed by atoms with Crippen molar-refractivity contribution in [1.82, 2.24) is 4.90 Å². The van der Waals surface area contributed by atoms with Crippen molar-refractivity contribution in [2.75, 3.05) is 18.9 Å². The van der Waals surface area contributed by atoms with Gasteiger partial charge in [0.05, 0.1) is 12.4 Å². The van der Waals surface area contributed by atoms with E-state index in [0.717, 1.165) is 29.7 Å². The second-order valence-corrected chi connectivity index (χ2v) is 7.30. The van der Waals surface area contributed by atoms with Crippen LogP contribution in [0.1, 0.15) is 25.3 Å². The fourth-order valence-corrected chi connectivity index (χ4v) is 3.49. The number of nitrogens with zero attached hydrogens (tertiary/aromatic N) is 2. The van der Waals surface area contributed by atoms with Crippen molar-refractivity contribution in [2.45, 2.75) is 19.8 Å². The van der Waals surface area contributed by atoms with Crippen LogP contribution in [0.15, 0.2) is 47.0 Å². The summed E-state index contributed by atoms with van der Waals surface area (Å²) in [5.41, 5.74) is 1.74. The van der Waals surface area contributed by atoms with Crippen molar-refractivity contribution in [3.05, 3.63) is 48.2 Å². The van der Waals surface area contributed by atoms with Gasteiger partial charge in [-0.05, 0) is 36.3 Å². The lowest BCUT2D eigenvalue weighted by Crippen LogP contribution is -2.37. The van der Waals surface area contributed by atoms with Crippen LogP contribution in [0.2, 0.25) is 0 Å². The topological polar surface area (TPSA) is 59.0 Å². The Morgan fingerprint density at radius 1 is 1.26 bits per heavy atom. The van der Waals surface area contributed by atoms with Gasteiger partial charge < -0.3 is 9.64 Å². The van der Waals surface area contributed by atoms with Gasteiger partial charge in [-0.1, -0.05) is 25.5 Å². The van der Waals surface area contributed by atoms with Gasteiger partial charge in [-0.2, -0.15) is 0 Å². The number of allylic oxidation sites excluding steroid dienone is 2. The monoisotopic (exact) mass is 332 g/mol. The van der Waals surface area contributed by atoms with Crippen LogP contribution in [0.25, 0.3) is 5.57 Å². The van der Waals surface area contributed by atoms with Gasteiger partial charge in [0.25, 0.3) is 10.0 Å².